The Morgan fingerprint density at radius 2 is 1.11 bits per heavy atom. The number of halogens is 1. The van der Waals surface area contributed by atoms with Gasteiger partial charge in [-0.1, -0.05) is 105 Å². The lowest BCUT2D eigenvalue weighted by Crippen LogP contribution is -2.48. The fraction of sp³-hybridized carbons (Fsp3) is 0.326. The molecule has 64 heavy (non-hydrogen) atoms. The highest BCUT2D eigenvalue weighted by Gasteiger charge is 2.32. The minimum atomic E-state index is -3.62. The van der Waals surface area contributed by atoms with Crippen LogP contribution in [0.3, 0.4) is 0 Å². The number of hydrogen-bond donors (Lipinski definition) is 0. The largest absolute Gasteiger partial charge is 0.344 e. The van der Waals surface area contributed by atoms with Gasteiger partial charge in [0.2, 0.25) is 30.3 Å². The third-order valence-electron chi connectivity index (χ3n) is 11.3. The van der Waals surface area contributed by atoms with Gasteiger partial charge < -0.3 is 9.80 Å². The summed E-state index contributed by atoms with van der Waals surface area (Å²) in [6.07, 6.45) is 2.97. The van der Waals surface area contributed by atoms with Crippen LogP contribution < -0.4 is 9.80 Å². The van der Waals surface area contributed by atoms with Crippen LogP contribution in [0.1, 0.15) is 54.7 Å². The summed E-state index contributed by atoms with van der Waals surface area (Å²) in [5.74, 6) is 1.56. The van der Waals surface area contributed by atoms with E-state index in [1.807, 2.05) is 54.6 Å². The molecule has 5 heterocycles. The number of pyridine rings is 1. The fourth-order valence-electron chi connectivity index (χ4n) is 7.50. The molecule has 0 spiro atoms. The van der Waals surface area contributed by atoms with Gasteiger partial charge >= 0.3 is 0 Å². The molecule has 0 unspecified atom stereocenters. The van der Waals surface area contributed by atoms with E-state index in [1.54, 1.807) is 39.1 Å². The Hall–Kier alpha value is -4.88. The Labute approximate surface area is 388 Å². The number of sulfonamides is 2. The Balaban J connectivity index is 0.000000175. The first-order valence-electron chi connectivity index (χ1n) is 21.0. The molecule has 2 aliphatic heterocycles. The van der Waals surface area contributed by atoms with Gasteiger partial charge in [-0.05, 0) is 65.4 Å². The Morgan fingerprint density at radius 1 is 0.609 bits per heavy atom. The van der Waals surface area contributed by atoms with Crippen LogP contribution in [0.2, 0.25) is 5.02 Å². The molecule has 0 saturated carbocycles. The van der Waals surface area contributed by atoms with Gasteiger partial charge in [-0.25, -0.2) is 26.8 Å². The van der Waals surface area contributed by atoms with E-state index >= 15 is 0 Å². The zero-order valence-corrected chi connectivity index (χ0v) is 40.2. The van der Waals surface area contributed by atoms with Crippen LogP contribution in [0.25, 0.3) is 10.9 Å². The number of fused-ring (bicyclic) bond motifs is 1. The molecule has 4 aromatic carbocycles. The van der Waals surface area contributed by atoms with E-state index in [0.717, 1.165) is 38.4 Å². The molecular formula is C46H50ClN9O4S4. The lowest BCUT2D eigenvalue weighted by atomic mass is 9.87. The van der Waals surface area contributed by atoms with Gasteiger partial charge in [0, 0.05) is 105 Å². The predicted molar refractivity (Wildman–Crippen MR) is 257 cm³/mol. The average Bonchev–Trinajstić information content (AvgIpc) is 3.98. The van der Waals surface area contributed by atoms with E-state index in [4.69, 9.17) is 16.6 Å². The molecule has 3 aromatic heterocycles. The number of aromatic nitrogens is 5. The lowest BCUT2D eigenvalue weighted by Gasteiger charge is -2.33. The number of rotatable bonds is 10. The summed E-state index contributed by atoms with van der Waals surface area (Å²) >= 11 is 8.68. The Bertz CT molecular complexity index is 2900. The predicted octanol–water partition coefficient (Wildman–Crippen LogP) is 8.09. The summed E-state index contributed by atoms with van der Waals surface area (Å²) in [7, 11) is -7.13. The van der Waals surface area contributed by atoms with E-state index in [-0.39, 0.29) is 10.3 Å². The first-order valence-corrected chi connectivity index (χ1v) is 25.8. The monoisotopic (exact) mass is 955 g/mol. The molecule has 0 radical (unpaired) electrons. The number of piperazine rings is 2. The molecule has 0 aliphatic carbocycles. The third kappa shape index (κ3) is 10.6. The maximum absolute atomic E-state index is 13.3. The van der Waals surface area contributed by atoms with Crippen molar-refractivity contribution in [2.75, 3.05) is 62.2 Å². The summed E-state index contributed by atoms with van der Waals surface area (Å²) in [5, 5.41) is 3.21. The molecule has 0 amide bonds. The zero-order valence-electron chi connectivity index (χ0n) is 36.1. The molecule has 0 N–H and O–H groups in total. The van der Waals surface area contributed by atoms with E-state index < -0.39 is 20.0 Å². The normalized spacial score (nSPS) is 15.6. The Kier molecular flexibility index (Phi) is 13.8. The van der Waals surface area contributed by atoms with E-state index in [9.17, 15) is 16.8 Å². The second-order valence-electron chi connectivity index (χ2n) is 16.8. The summed E-state index contributed by atoms with van der Waals surface area (Å²) in [6.45, 7) is 12.4. The molecule has 18 heteroatoms. The average molecular weight is 957 g/mol. The van der Waals surface area contributed by atoms with Gasteiger partial charge in [-0.2, -0.15) is 17.4 Å². The van der Waals surface area contributed by atoms with Gasteiger partial charge in [0.05, 0.1) is 10.4 Å². The van der Waals surface area contributed by atoms with Crippen molar-refractivity contribution in [1.29, 1.82) is 0 Å². The molecule has 2 fully saturated rings. The Morgan fingerprint density at radius 3 is 1.64 bits per heavy atom. The number of para-hydroxylation sites is 1. The van der Waals surface area contributed by atoms with Crippen molar-refractivity contribution in [3.05, 3.63) is 148 Å². The van der Waals surface area contributed by atoms with Crippen molar-refractivity contribution < 1.29 is 16.8 Å². The van der Waals surface area contributed by atoms with Crippen LogP contribution in [0.5, 0.6) is 0 Å². The second-order valence-corrected chi connectivity index (χ2v) is 22.6. The third-order valence-corrected chi connectivity index (χ3v) is 17.0. The smallest absolute Gasteiger partial charge is 0.245 e. The standard InChI is InChI=1S/C23H27ClN4O2S2.C23H23N5O2S2/c1-23(2,3)18-6-10-20(11-7-18)32(29,30)28-14-12-27(13-15-28)22-25-21(26-31-22)16-17-4-8-19(24)9-5-17;1-17-7-9-18(10-8-17)16-21-25-23(31-26-21)27-12-14-28(15-13-27)32(29,30)20-6-2-4-19-5-3-11-24-22(19)20/h4-11H,12-16H2,1-3H3;2-11H,12-16H2,1H3. The molecule has 13 nitrogen and oxygen atoms in total. The fourth-order valence-corrected chi connectivity index (χ4v) is 12.1. The number of aryl methyl sites for hydroxylation is 1. The number of anilines is 2. The first-order chi connectivity index (χ1) is 30.6. The lowest BCUT2D eigenvalue weighted by molar-refractivity contribution is 0.384. The maximum atomic E-state index is 13.3. The van der Waals surface area contributed by atoms with Crippen molar-refractivity contribution in [1.82, 2.24) is 32.3 Å². The molecule has 7 aromatic rings. The number of hydrogen-bond acceptors (Lipinski definition) is 13. The van der Waals surface area contributed by atoms with Gasteiger partial charge in [0.1, 0.15) is 16.5 Å². The van der Waals surface area contributed by atoms with Crippen molar-refractivity contribution in [3.63, 3.8) is 0 Å². The highest BCUT2D eigenvalue weighted by Crippen LogP contribution is 2.29. The van der Waals surface area contributed by atoms with Crippen LogP contribution in [-0.4, -0.2) is 102 Å². The van der Waals surface area contributed by atoms with Crippen molar-refractivity contribution in [3.8, 4) is 0 Å². The minimum absolute atomic E-state index is 0.0118. The van der Waals surface area contributed by atoms with Crippen molar-refractivity contribution >= 4 is 75.9 Å². The summed E-state index contributed by atoms with van der Waals surface area (Å²) in [5.41, 5.74) is 5.14. The number of nitrogens with zero attached hydrogens (tertiary/aromatic N) is 9. The molecule has 0 atom stereocenters. The zero-order chi connectivity index (χ0) is 45.1. The topological polar surface area (TPSA) is 146 Å². The summed E-state index contributed by atoms with van der Waals surface area (Å²) < 4.78 is 64.9. The van der Waals surface area contributed by atoms with E-state index in [0.29, 0.717) is 80.6 Å². The van der Waals surface area contributed by atoms with Crippen LogP contribution in [-0.2, 0) is 38.3 Å². The van der Waals surface area contributed by atoms with Crippen LogP contribution in [0, 0.1) is 6.92 Å². The van der Waals surface area contributed by atoms with Gasteiger partial charge in [-0.3, -0.25) is 4.98 Å². The SMILES string of the molecule is CC(C)(C)c1ccc(S(=O)(=O)N2CCN(c3nc(Cc4ccc(Cl)cc4)ns3)CC2)cc1.Cc1ccc(Cc2nsc(N3CCN(S(=O)(=O)c4cccc5cccnc45)CC3)n2)cc1. The molecule has 0 bridgehead atoms. The van der Waals surface area contributed by atoms with E-state index in [1.165, 1.54) is 34.2 Å². The second kappa shape index (κ2) is 19.3. The summed E-state index contributed by atoms with van der Waals surface area (Å²) in [4.78, 5) is 18.5. The molecule has 2 saturated heterocycles. The van der Waals surface area contributed by atoms with Crippen molar-refractivity contribution in [2.24, 2.45) is 0 Å². The molecule has 334 valence electrons. The van der Waals surface area contributed by atoms with Crippen LogP contribution in [0.15, 0.2) is 119 Å². The highest BCUT2D eigenvalue weighted by atomic mass is 35.5. The number of benzene rings is 4. The van der Waals surface area contributed by atoms with Gasteiger partial charge in [0.25, 0.3) is 0 Å². The molecule has 2 aliphatic rings. The minimum Gasteiger partial charge on any atom is -0.344 e. The maximum Gasteiger partial charge on any atom is 0.245 e. The van der Waals surface area contributed by atoms with Gasteiger partial charge in [0.15, 0.2) is 0 Å². The first kappa shape index (κ1) is 45.7. The summed E-state index contributed by atoms with van der Waals surface area (Å²) in [6, 6.07) is 32.3. The van der Waals surface area contributed by atoms with Crippen molar-refractivity contribution in [2.45, 2.75) is 55.7 Å². The van der Waals surface area contributed by atoms with Crippen LogP contribution >= 0.6 is 34.7 Å². The van der Waals surface area contributed by atoms with Gasteiger partial charge in [-0.15, -0.1) is 0 Å². The highest BCUT2D eigenvalue weighted by molar-refractivity contribution is 7.89. The molecular weight excluding hydrogens is 906 g/mol. The molecule has 9 rings (SSSR count). The quantitative estimate of drug-likeness (QED) is 0.131. The van der Waals surface area contributed by atoms with E-state index in [2.05, 4.69) is 80.5 Å². The van der Waals surface area contributed by atoms with Crippen LogP contribution in [0.4, 0.5) is 10.3 Å².